The standard InChI is InChI=1S/C15H16N2O/c1-10-5-11(2)7-12(6-10)8-15(18)13-9-17-4-3-14(13)16/h3-7,9H,8H2,1-2H3,(H2,16,17). The van der Waals surface area contributed by atoms with Crippen LogP contribution < -0.4 is 5.73 Å². The SMILES string of the molecule is Cc1cc(C)cc(CC(=O)c2cnccc2N)c1. The van der Waals surface area contributed by atoms with Crippen LogP contribution in [0.2, 0.25) is 0 Å². The maximum Gasteiger partial charge on any atom is 0.170 e. The van der Waals surface area contributed by atoms with Crippen LogP contribution in [0, 0.1) is 13.8 Å². The Morgan fingerprint density at radius 2 is 1.89 bits per heavy atom. The van der Waals surface area contributed by atoms with E-state index >= 15 is 0 Å². The number of carbonyl (C=O) groups is 1. The van der Waals surface area contributed by atoms with E-state index in [-0.39, 0.29) is 5.78 Å². The number of rotatable bonds is 3. The zero-order valence-corrected chi connectivity index (χ0v) is 10.6. The van der Waals surface area contributed by atoms with Crippen molar-refractivity contribution in [3.63, 3.8) is 0 Å². The fourth-order valence-electron chi connectivity index (χ4n) is 2.09. The molecule has 0 atom stereocenters. The van der Waals surface area contributed by atoms with Crippen molar-refractivity contribution in [1.29, 1.82) is 0 Å². The molecule has 2 rings (SSSR count). The van der Waals surface area contributed by atoms with Crippen LogP contribution in [0.4, 0.5) is 5.69 Å². The van der Waals surface area contributed by atoms with Gasteiger partial charge < -0.3 is 5.73 Å². The Hall–Kier alpha value is -2.16. The van der Waals surface area contributed by atoms with E-state index in [0.717, 1.165) is 16.7 Å². The maximum atomic E-state index is 12.1. The van der Waals surface area contributed by atoms with Gasteiger partial charge in [0.25, 0.3) is 0 Å². The summed E-state index contributed by atoms with van der Waals surface area (Å²) >= 11 is 0. The summed E-state index contributed by atoms with van der Waals surface area (Å²) in [6.45, 7) is 4.05. The third kappa shape index (κ3) is 2.74. The van der Waals surface area contributed by atoms with Crippen LogP contribution in [0.15, 0.2) is 36.7 Å². The van der Waals surface area contributed by atoms with E-state index in [4.69, 9.17) is 5.73 Å². The number of aryl methyl sites for hydroxylation is 2. The molecule has 0 spiro atoms. The minimum atomic E-state index is 0.00519. The van der Waals surface area contributed by atoms with Crippen LogP contribution in [-0.2, 0) is 6.42 Å². The molecule has 0 radical (unpaired) electrons. The number of nitrogen functional groups attached to an aromatic ring is 1. The minimum Gasteiger partial charge on any atom is -0.398 e. The van der Waals surface area contributed by atoms with Gasteiger partial charge in [0.2, 0.25) is 0 Å². The van der Waals surface area contributed by atoms with Crippen LogP contribution in [0.1, 0.15) is 27.0 Å². The lowest BCUT2D eigenvalue weighted by Gasteiger charge is -2.06. The molecule has 0 unspecified atom stereocenters. The maximum absolute atomic E-state index is 12.1. The normalized spacial score (nSPS) is 10.3. The van der Waals surface area contributed by atoms with Crippen molar-refractivity contribution in [2.24, 2.45) is 0 Å². The molecule has 0 fully saturated rings. The van der Waals surface area contributed by atoms with Gasteiger partial charge in [0.05, 0.1) is 5.56 Å². The number of aromatic nitrogens is 1. The lowest BCUT2D eigenvalue weighted by Crippen LogP contribution is -2.07. The predicted octanol–water partition coefficient (Wildman–Crippen LogP) is 2.71. The number of benzene rings is 1. The van der Waals surface area contributed by atoms with E-state index in [1.165, 1.54) is 6.20 Å². The average Bonchev–Trinajstić information content (AvgIpc) is 2.27. The molecular weight excluding hydrogens is 224 g/mol. The molecule has 18 heavy (non-hydrogen) atoms. The van der Waals surface area contributed by atoms with Gasteiger partial charge in [0, 0.05) is 24.5 Å². The first kappa shape index (κ1) is 12.3. The molecule has 3 heteroatoms. The number of nitrogens with two attached hydrogens (primary N) is 1. The van der Waals surface area contributed by atoms with Gasteiger partial charge in [-0.05, 0) is 25.5 Å². The number of hydrogen-bond donors (Lipinski definition) is 1. The van der Waals surface area contributed by atoms with Gasteiger partial charge in [-0.2, -0.15) is 0 Å². The summed E-state index contributed by atoms with van der Waals surface area (Å²) in [7, 11) is 0. The summed E-state index contributed by atoms with van der Waals surface area (Å²) in [4.78, 5) is 16.1. The Kier molecular flexibility index (Phi) is 3.42. The van der Waals surface area contributed by atoms with Crippen molar-refractivity contribution in [3.8, 4) is 0 Å². The zero-order chi connectivity index (χ0) is 13.1. The monoisotopic (exact) mass is 240 g/mol. The average molecular weight is 240 g/mol. The highest BCUT2D eigenvalue weighted by Gasteiger charge is 2.10. The summed E-state index contributed by atoms with van der Waals surface area (Å²) in [5.41, 5.74) is 10.1. The van der Waals surface area contributed by atoms with E-state index in [1.54, 1.807) is 12.3 Å². The van der Waals surface area contributed by atoms with Crippen molar-refractivity contribution >= 4 is 11.5 Å². The first-order valence-electron chi connectivity index (χ1n) is 5.86. The fourth-order valence-corrected chi connectivity index (χ4v) is 2.09. The van der Waals surface area contributed by atoms with Crippen molar-refractivity contribution in [2.75, 3.05) is 5.73 Å². The summed E-state index contributed by atoms with van der Waals surface area (Å²) < 4.78 is 0. The second-order valence-corrected chi connectivity index (χ2v) is 4.56. The van der Waals surface area contributed by atoms with Crippen molar-refractivity contribution in [2.45, 2.75) is 20.3 Å². The fraction of sp³-hybridized carbons (Fsp3) is 0.200. The zero-order valence-electron chi connectivity index (χ0n) is 10.6. The molecule has 0 amide bonds. The van der Waals surface area contributed by atoms with E-state index in [1.807, 2.05) is 26.0 Å². The number of nitrogens with zero attached hydrogens (tertiary/aromatic N) is 1. The second-order valence-electron chi connectivity index (χ2n) is 4.56. The van der Waals surface area contributed by atoms with Crippen LogP contribution in [-0.4, -0.2) is 10.8 Å². The number of Topliss-reactive ketones (excluding diaryl/α,β-unsaturated/α-hetero) is 1. The Balaban J connectivity index is 2.24. The van der Waals surface area contributed by atoms with Crippen molar-refractivity contribution in [1.82, 2.24) is 4.98 Å². The van der Waals surface area contributed by atoms with Gasteiger partial charge in [0.15, 0.2) is 5.78 Å². The molecular formula is C15H16N2O. The van der Waals surface area contributed by atoms with Crippen LogP contribution >= 0.6 is 0 Å². The summed E-state index contributed by atoms with van der Waals surface area (Å²) in [6.07, 6.45) is 3.47. The number of pyridine rings is 1. The molecule has 0 bridgehead atoms. The highest BCUT2D eigenvalue weighted by atomic mass is 16.1. The summed E-state index contributed by atoms with van der Waals surface area (Å²) in [5, 5.41) is 0. The van der Waals surface area contributed by atoms with E-state index in [2.05, 4.69) is 11.1 Å². The lowest BCUT2D eigenvalue weighted by molar-refractivity contribution is 0.0993. The molecule has 92 valence electrons. The van der Waals surface area contributed by atoms with E-state index < -0.39 is 0 Å². The molecule has 1 aromatic heterocycles. The van der Waals surface area contributed by atoms with E-state index in [9.17, 15) is 4.79 Å². The van der Waals surface area contributed by atoms with Gasteiger partial charge in [-0.25, -0.2) is 0 Å². The smallest absolute Gasteiger partial charge is 0.170 e. The van der Waals surface area contributed by atoms with Crippen LogP contribution in [0.3, 0.4) is 0 Å². The topological polar surface area (TPSA) is 56.0 Å². The first-order chi connectivity index (χ1) is 8.56. The largest absolute Gasteiger partial charge is 0.398 e. The highest BCUT2D eigenvalue weighted by Crippen LogP contribution is 2.15. The molecule has 1 aromatic carbocycles. The molecule has 0 aliphatic carbocycles. The quantitative estimate of drug-likeness (QED) is 0.839. The predicted molar refractivity (Wildman–Crippen MR) is 72.6 cm³/mol. The van der Waals surface area contributed by atoms with Crippen LogP contribution in [0.5, 0.6) is 0 Å². The van der Waals surface area contributed by atoms with Gasteiger partial charge >= 0.3 is 0 Å². The van der Waals surface area contributed by atoms with Crippen LogP contribution in [0.25, 0.3) is 0 Å². The number of carbonyl (C=O) groups excluding carboxylic acids is 1. The van der Waals surface area contributed by atoms with Gasteiger partial charge in [-0.3, -0.25) is 9.78 Å². The summed E-state index contributed by atoms with van der Waals surface area (Å²) in [5.74, 6) is 0.00519. The van der Waals surface area contributed by atoms with Crippen molar-refractivity contribution in [3.05, 3.63) is 58.9 Å². The van der Waals surface area contributed by atoms with E-state index in [0.29, 0.717) is 17.7 Å². The summed E-state index contributed by atoms with van der Waals surface area (Å²) in [6, 6.07) is 7.79. The third-order valence-corrected chi connectivity index (χ3v) is 2.80. The van der Waals surface area contributed by atoms with Gasteiger partial charge in [-0.15, -0.1) is 0 Å². The Morgan fingerprint density at radius 1 is 1.22 bits per heavy atom. The molecule has 0 saturated heterocycles. The number of ketones is 1. The molecule has 0 aliphatic rings. The van der Waals surface area contributed by atoms with Gasteiger partial charge in [-0.1, -0.05) is 29.3 Å². The Labute approximate surface area is 107 Å². The molecule has 0 aliphatic heterocycles. The number of anilines is 1. The Bertz CT molecular complexity index is 571. The molecule has 2 aromatic rings. The third-order valence-electron chi connectivity index (χ3n) is 2.80. The Morgan fingerprint density at radius 3 is 2.50 bits per heavy atom. The number of hydrogen-bond acceptors (Lipinski definition) is 3. The first-order valence-corrected chi connectivity index (χ1v) is 5.86. The molecule has 2 N–H and O–H groups in total. The lowest BCUT2D eigenvalue weighted by atomic mass is 10.00. The minimum absolute atomic E-state index is 0.00519. The van der Waals surface area contributed by atoms with Gasteiger partial charge in [0.1, 0.15) is 0 Å². The van der Waals surface area contributed by atoms with Crippen molar-refractivity contribution < 1.29 is 4.79 Å². The molecule has 1 heterocycles. The highest BCUT2D eigenvalue weighted by molar-refractivity contribution is 6.01. The second kappa shape index (κ2) is 5.00. The molecule has 0 saturated carbocycles. The molecule has 3 nitrogen and oxygen atoms in total.